The molecule has 0 spiro atoms. The summed E-state index contributed by atoms with van der Waals surface area (Å²) in [5, 5.41) is 8.26. The molecular weight excluding hydrogens is 398 g/mol. The quantitative estimate of drug-likeness (QED) is 0.473. The molecule has 5 nitrogen and oxygen atoms in total. The van der Waals surface area contributed by atoms with E-state index in [9.17, 15) is 4.79 Å². The number of methoxy groups -OCH3 is 1. The van der Waals surface area contributed by atoms with Crippen molar-refractivity contribution in [2.45, 2.75) is 6.54 Å². The number of hydrogen-bond acceptors (Lipinski definition) is 3. The highest BCUT2D eigenvalue weighted by molar-refractivity contribution is 6.31. The number of rotatable bonds is 6. The maximum absolute atomic E-state index is 13.1. The molecule has 0 saturated heterocycles. The summed E-state index contributed by atoms with van der Waals surface area (Å²) in [6, 6.07) is 24.6. The molecule has 1 heterocycles. The van der Waals surface area contributed by atoms with Gasteiger partial charge in [0.2, 0.25) is 0 Å². The average molecular weight is 418 g/mol. The van der Waals surface area contributed by atoms with E-state index in [1.54, 1.807) is 24.1 Å². The number of hydrogen-bond donors (Lipinski definition) is 1. The molecule has 30 heavy (non-hydrogen) atoms. The Hall–Kier alpha value is -3.57. The minimum Gasteiger partial charge on any atom is -0.497 e. The lowest BCUT2D eigenvalue weighted by Gasteiger charge is -2.07. The average Bonchev–Trinajstić information content (AvgIpc) is 3.25. The number of amides is 1. The lowest BCUT2D eigenvalue weighted by atomic mass is 10.1. The first-order valence-corrected chi connectivity index (χ1v) is 9.84. The molecular formula is C24H20ClN3O2. The Morgan fingerprint density at radius 1 is 1.00 bits per heavy atom. The van der Waals surface area contributed by atoms with Gasteiger partial charge >= 0.3 is 0 Å². The van der Waals surface area contributed by atoms with Crippen LogP contribution in [0.3, 0.4) is 0 Å². The van der Waals surface area contributed by atoms with Crippen molar-refractivity contribution in [1.82, 2.24) is 15.1 Å². The number of para-hydroxylation sites is 1. The predicted molar refractivity (Wildman–Crippen MR) is 118 cm³/mol. The number of benzene rings is 3. The molecule has 1 amide bonds. The van der Waals surface area contributed by atoms with Crippen molar-refractivity contribution in [2.24, 2.45) is 0 Å². The standard InChI is InChI=1S/C24H20ClN3O2/c1-30-20-13-11-17(12-14-20)23-21(16-28(27-23)19-8-3-2-4-9-19)24(29)26-15-18-7-5-6-10-22(18)25/h2-14,16H,15H2,1H3,(H,26,29). The van der Waals surface area contributed by atoms with Crippen LogP contribution in [-0.2, 0) is 6.54 Å². The van der Waals surface area contributed by atoms with Crippen LogP contribution in [0.4, 0.5) is 0 Å². The molecule has 0 radical (unpaired) electrons. The largest absolute Gasteiger partial charge is 0.497 e. The topological polar surface area (TPSA) is 56.2 Å². The molecule has 0 bridgehead atoms. The van der Waals surface area contributed by atoms with Gasteiger partial charge in [-0.1, -0.05) is 48.0 Å². The van der Waals surface area contributed by atoms with Crippen molar-refractivity contribution in [3.63, 3.8) is 0 Å². The molecule has 0 aliphatic rings. The van der Waals surface area contributed by atoms with E-state index in [-0.39, 0.29) is 5.91 Å². The van der Waals surface area contributed by atoms with Gasteiger partial charge in [0.15, 0.2) is 0 Å². The number of nitrogens with one attached hydrogen (secondary N) is 1. The van der Waals surface area contributed by atoms with Gasteiger partial charge in [-0.05, 0) is 48.0 Å². The van der Waals surface area contributed by atoms with Gasteiger partial charge in [0.05, 0.1) is 18.4 Å². The van der Waals surface area contributed by atoms with Crippen LogP contribution in [0.1, 0.15) is 15.9 Å². The predicted octanol–water partition coefficient (Wildman–Crippen LogP) is 5.13. The Balaban J connectivity index is 1.68. The van der Waals surface area contributed by atoms with Crippen LogP contribution in [0.5, 0.6) is 5.75 Å². The smallest absolute Gasteiger partial charge is 0.255 e. The van der Waals surface area contributed by atoms with Crippen molar-refractivity contribution in [3.05, 3.63) is 101 Å². The SMILES string of the molecule is COc1ccc(-c2nn(-c3ccccc3)cc2C(=O)NCc2ccccc2Cl)cc1. The van der Waals surface area contributed by atoms with E-state index in [4.69, 9.17) is 16.3 Å². The summed E-state index contributed by atoms with van der Waals surface area (Å²) in [6.45, 7) is 0.330. The minimum absolute atomic E-state index is 0.220. The van der Waals surface area contributed by atoms with Gasteiger partial charge in [-0.15, -0.1) is 0 Å². The Morgan fingerprint density at radius 3 is 2.40 bits per heavy atom. The fourth-order valence-corrected chi connectivity index (χ4v) is 3.33. The lowest BCUT2D eigenvalue weighted by Crippen LogP contribution is -2.23. The molecule has 0 fully saturated rings. The number of carbonyl (C=O) groups excluding carboxylic acids is 1. The van der Waals surface area contributed by atoms with Crippen molar-refractivity contribution < 1.29 is 9.53 Å². The summed E-state index contributed by atoms with van der Waals surface area (Å²) in [5.74, 6) is 0.522. The first-order chi connectivity index (χ1) is 14.7. The Bertz CT molecular complexity index is 1150. The van der Waals surface area contributed by atoms with Gasteiger partial charge in [0.25, 0.3) is 5.91 Å². The number of halogens is 1. The molecule has 1 aromatic heterocycles. The maximum Gasteiger partial charge on any atom is 0.255 e. The summed E-state index contributed by atoms with van der Waals surface area (Å²) in [6.07, 6.45) is 1.75. The van der Waals surface area contributed by atoms with Crippen molar-refractivity contribution in [2.75, 3.05) is 7.11 Å². The van der Waals surface area contributed by atoms with Gasteiger partial charge in [-0.25, -0.2) is 4.68 Å². The molecule has 3 aromatic carbocycles. The van der Waals surface area contributed by atoms with E-state index >= 15 is 0 Å². The molecule has 6 heteroatoms. The molecule has 150 valence electrons. The fourth-order valence-electron chi connectivity index (χ4n) is 3.13. The summed E-state index contributed by atoms with van der Waals surface area (Å²) in [5.41, 5.74) is 3.63. The van der Waals surface area contributed by atoms with Crippen molar-refractivity contribution >= 4 is 17.5 Å². The molecule has 0 aliphatic carbocycles. The molecule has 1 N–H and O–H groups in total. The highest BCUT2D eigenvalue weighted by atomic mass is 35.5. The van der Waals surface area contributed by atoms with E-state index in [2.05, 4.69) is 10.4 Å². The normalized spacial score (nSPS) is 10.6. The zero-order chi connectivity index (χ0) is 20.9. The van der Waals surface area contributed by atoms with Crippen molar-refractivity contribution in [3.8, 4) is 22.7 Å². The number of ether oxygens (including phenoxy) is 1. The van der Waals surface area contributed by atoms with Gasteiger partial charge in [0.1, 0.15) is 11.4 Å². The second-order valence-corrected chi connectivity index (χ2v) is 7.08. The van der Waals surface area contributed by atoms with Crippen LogP contribution >= 0.6 is 11.6 Å². The fraction of sp³-hybridized carbons (Fsp3) is 0.0833. The number of nitrogens with zero attached hydrogens (tertiary/aromatic N) is 2. The highest BCUT2D eigenvalue weighted by Crippen LogP contribution is 2.26. The third kappa shape index (κ3) is 4.21. The Labute approximate surface area is 179 Å². The van der Waals surface area contributed by atoms with Crippen LogP contribution in [0, 0.1) is 0 Å². The lowest BCUT2D eigenvalue weighted by molar-refractivity contribution is 0.0951. The summed E-state index contributed by atoms with van der Waals surface area (Å²) in [7, 11) is 1.62. The third-order valence-corrected chi connectivity index (χ3v) is 5.11. The minimum atomic E-state index is -0.220. The van der Waals surface area contributed by atoms with E-state index < -0.39 is 0 Å². The zero-order valence-electron chi connectivity index (χ0n) is 16.4. The number of carbonyl (C=O) groups is 1. The van der Waals surface area contributed by atoms with Crippen molar-refractivity contribution in [1.29, 1.82) is 0 Å². The second kappa shape index (κ2) is 8.84. The number of aromatic nitrogens is 2. The Kier molecular flexibility index (Phi) is 5.82. The van der Waals surface area contributed by atoms with Gasteiger partial charge in [-0.2, -0.15) is 5.10 Å². The Morgan fingerprint density at radius 2 is 1.70 bits per heavy atom. The van der Waals surface area contributed by atoms with Crippen LogP contribution in [0.25, 0.3) is 16.9 Å². The third-order valence-electron chi connectivity index (χ3n) is 4.74. The van der Waals surface area contributed by atoms with Crippen LogP contribution < -0.4 is 10.1 Å². The molecule has 0 unspecified atom stereocenters. The second-order valence-electron chi connectivity index (χ2n) is 6.67. The van der Waals surface area contributed by atoms with Crippen LogP contribution in [0.2, 0.25) is 5.02 Å². The van der Waals surface area contributed by atoms with E-state index in [0.717, 1.165) is 22.6 Å². The van der Waals surface area contributed by atoms with E-state index in [1.807, 2.05) is 72.8 Å². The van der Waals surface area contributed by atoms with Crippen LogP contribution in [0.15, 0.2) is 85.1 Å². The van der Waals surface area contributed by atoms with Gasteiger partial charge in [0, 0.05) is 23.3 Å². The maximum atomic E-state index is 13.1. The van der Waals surface area contributed by atoms with Gasteiger partial charge in [-0.3, -0.25) is 4.79 Å². The summed E-state index contributed by atoms with van der Waals surface area (Å²) >= 11 is 6.21. The first-order valence-electron chi connectivity index (χ1n) is 9.47. The summed E-state index contributed by atoms with van der Waals surface area (Å²) in [4.78, 5) is 13.1. The molecule has 0 aliphatic heterocycles. The molecule has 4 rings (SSSR count). The monoisotopic (exact) mass is 417 g/mol. The molecule has 0 atom stereocenters. The highest BCUT2D eigenvalue weighted by Gasteiger charge is 2.19. The van der Waals surface area contributed by atoms with Crippen LogP contribution in [-0.4, -0.2) is 22.8 Å². The van der Waals surface area contributed by atoms with E-state index in [1.165, 1.54) is 0 Å². The van der Waals surface area contributed by atoms with Gasteiger partial charge < -0.3 is 10.1 Å². The van der Waals surface area contributed by atoms with E-state index in [0.29, 0.717) is 22.8 Å². The zero-order valence-corrected chi connectivity index (χ0v) is 17.1. The summed E-state index contributed by atoms with van der Waals surface area (Å²) < 4.78 is 6.95. The molecule has 0 saturated carbocycles. The molecule has 4 aromatic rings. The first kappa shape index (κ1) is 19.7.